The Morgan fingerprint density at radius 2 is 2.13 bits per heavy atom. The molecule has 1 amide bonds. The molecule has 1 aromatic heterocycles. The Labute approximate surface area is 128 Å². The molecule has 0 bridgehead atoms. The molecule has 2 rings (SSSR count). The highest BCUT2D eigenvalue weighted by molar-refractivity contribution is 5.91. The topological polar surface area (TPSA) is 151 Å². The number of hydrogen-bond acceptors (Lipinski definition) is 6. The maximum absolute atomic E-state index is 11.9. The van der Waals surface area contributed by atoms with Gasteiger partial charge in [0.05, 0.1) is 4.92 Å². The first-order valence-corrected chi connectivity index (χ1v) is 6.59. The van der Waals surface area contributed by atoms with Crippen molar-refractivity contribution < 1.29 is 9.72 Å². The first-order chi connectivity index (χ1) is 10.9. The molecule has 10 heteroatoms. The maximum atomic E-state index is 11.9. The number of amides is 1. The van der Waals surface area contributed by atoms with E-state index in [9.17, 15) is 24.5 Å². The van der Waals surface area contributed by atoms with Gasteiger partial charge in [0.1, 0.15) is 5.69 Å². The van der Waals surface area contributed by atoms with Gasteiger partial charge in [-0.25, -0.2) is 9.89 Å². The van der Waals surface area contributed by atoms with Crippen LogP contribution in [-0.2, 0) is 11.2 Å². The van der Waals surface area contributed by atoms with Gasteiger partial charge < -0.3 is 5.32 Å². The third-order valence-electron chi connectivity index (χ3n) is 3.07. The van der Waals surface area contributed by atoms with Gasteiger partial charge in [-0.15, -0.1) is 0 Å². The van der Waals surface area contributed by atoms with Crippen molar-refractivity contribution in [1.82, 2.24) is 15.2 Å². The summed E-state index contributed by atoms with van der Waals surface area (Å²) in [5.74, 6) is -0.380. The van der Waals surface area contributed by atoms with E-state index in [4.69, 9.17) is 0 Å². The molecular formula is C13H13N5O5. The number of nitrogens with one attached hydrogen (secondary N) is 3. The zero-order valence-electron chi connectivity index (χ0n) is 12.1. The van der Waals surface area contributed by atoms with Crippen LogP contribution < -0.4 is 16.6 Å². The molecule has 3 N–H and O–H groups in total. The first-order valence-electron chi connectivity index (χ1n) is 6.59. The van der Waals surface area contributed by atoms with E-state index < -0.39 is 16.2 Å². The number of nitrogens with zero attached hydrogens (tertiary/aromatic N) is 2. The van der Waals surface area contributed by atoms with Crippen LogP contribution in [0.5, 0.6) is 0 Å². The lowest BCUT2D eigenvalue weighted by Gasteiger charge is -2.07. The Hall–Kier alpha value is -3.30. The monoisotopic (exact) mass is 319 g/mol. The van der Waals surface area contributed by atoms with E-state index in [1.807, 2.05) is 4.98 Å². The van der Waals surface area contributed by atoms with Crippen LogP contribution >= 0.6 is 0 Å². The predicted octanol–water partition coefficient (Wildman–Crippen LogP) is 0.246. The molecular weight excluding hydrogens is 306 g/mol. The first kappa shape index (κ1) is 16.1. The standard InChI is InChI=1S/C13H13N5O5/c1-7-6-8(18(22)23)2-3-9(7)14-11(19)5-4-10-12(20)15-13(21)17-16-10/h2-3,6H,4-5H2,1H3,(H,14,19)(H2,15,17,20,21). The quantitative estimate of drug-likeness (QED) is 0.530. The maximum Gasteiger partial charge on any atom is 0.342 e. The van der Waals surface area contributed by atoms with Crippen LogP contribution in [0.1, 0.15) is 17.7 Å². The minimum absolute atomic E-state index is 0.0292. The van der Waals surface area contributed by atoms with E-state index >= 15 is 0 Å². The molecule has 0 saturated carbocycles. The number of aryl methyl sites for hydroxylation is 2. The molecule has 0 radical (unpaired) electrons. The van der Waals surface area contributed by atoms with E-state index in [0.29, 0.717) is 11.3 Å². The number of rotatable bonds is 5. The summed E-state index contributed by atoms with van der Waals surface area (Å²) in [6, 6.07) is 4.08. The normalized spacial score (nSPS) is 10.3. The largest absolute Gasteiger partial charge is 0.342 e. The van der Waals surface area contributed by atoms with Gasteiger partial charge in [0.2, 0.25) is 5.91 Å². The van der Waals surface area contributed by atoms with E-state index in [1.54, 1.807) is 6.92 Å². The summed E-state index contributed by atoms with van der Waals surface area (Å²) < 4.78 is 0. The third kappa shape index (κ3) is 4.09. The summed E-state index contributed by atoms with van der Waals surface area (Å²) >= 11 is 0. The summed E-state index contributed by atoms with van der Waals surface area (Å²) in [4.78, 5) is 46.3. The lowest BCUT2D eigenvalue weighted by molar-refractivity contribution is -0.384. The van der Waals surface area contributed by atoms with Gasteiger partial charge >= 0.3 is 5.69 Å². The zero-order valence-corrected chi connectivity index (χ0v) is 12.1. The highest BCUT2D eigenvalue weighted by Crippen LogP contribution is 2.21. The molecule has 0 aliphatic rings. The number of aromatic nitrogens is 3. The summed E-state index contributed by atoms with van der Waals surface area (Å²) in [6.07, 6.45) is 0.0164. The molecule has 0 aliphatic carbocycles. The number of hydrogen-bond donors (Lipinski definition) is 3. The number of benzene rings is 1. The van der Waals surface area contributed by atoms with Crippen LogP contribution in [-0.4, -0.2) is 26.0 Å². The molecule has 1 aromatic carbocycles. The Morgan fingerprint density at radius 1 is 1.39 bits per heavy atom. The Kier molecular flexibility index (Phi) is 4.64. The minimum Gasteiger partial charge on any atom is -0.326 e. The van der Waals surface area contributed by atoms with E-state index in [1.165, 1.54) is 18.2 Å². The van der Waals surface area contributed by atoms with Gasteiger partial charge in [-0.2, -0.15) is 5.10 Å². The van der Waals surface area contributed by atoms with E-state index in [-0.39, 0.29) is 30.1 Å². The average molecular weight is 319 g/mol. The van der Waals surface area contributed by atoms with E-state index in [0.717, 1.165) is 0 Å². The van der Waals surface area contributed by atoms with Gasteiger partial charge in [0.15, 0.2) is 0 Å². The number of nitro groups is 1. The van der Waals surface area contributed by atoms with Gasteiger partial charge in [-0.3, -0.25) is 24.7 Å². The number of nitro benzene ring substituents is 1. The van der Waals surface area contributed by atoms with Gasteiger partial charge in [0.25, 0.3) is 11.2 Å². The molecule has 1 heterocycles. The number of non-ortho nitro benzene ring substituents is 1. The van der Waals surface area contributed by atoms with Crippen LogP contribution in [0.3, 0.4) is 0 Å². The molecule has 23 heavy (non-hydrogen) atoms. The fourth-order valence-electron chi connectivity index (χ4n) is 1.89. The molecule has 0 spiro atoms. The number of carbonyl (C=O) groups is 1. The van der Waals surface area contributed by atoms with Crippen molar-refractivity contribution >= 4 is 17.3 Å². The number of aromatic amines is 2. The predicted molar refractivity (Wildman–Crippen MR) is 80.3 cm³/mol. The van der Waals surface area contributed by atoms with Crippen LogP contribution in [0.25, 0.3) is 0 Å². The highest BCUT2D eigenvalue weighted by atomic mass is 16.6. The van der Waals surface area contributed by atoms with Crippen molar-refractivity contribution in [2.45, 2.75) is 19.8 Å². The molecule has 2 aromatic rings. The SMILES string of the molecule is Cc1cc([N+](=O)[O-])ccc1NC(=O)CCc1n[nH]c(=O)[nH]c1=O. The third-order valence-corrected chi connectivity index (χ3v) is 3.07. The molecule has 120 valence electrons. The molecule has 0 aliphatic heterocycles. The van der Waals surface area contributed by atoms with Gasteiger partial charge in [0, 0.05) is 30.7 Å². The second-order valence-corrected chi connectivity index (χ2v) is 4.76. The molecule has 10 nitrogen and oxygen atoms in total. The lowest BCUT2D eigenvalue weighted by atomic mass is 10.1. The zero-order chi connectivity index (χ0) is 17.0. The highest BCUT2D eigenvalue weighted by Gasteiger charge is 2.11. The van der Waals surface area contributed by atoms with Crippen molar-refractivity contribution in [2.75, 3.05) is 5.32 Å². The summed E-state index contributed by atoms with van der Waals surface area (Å²) in [7, 11) is 0. The van der Waals surface area contributed by atoms with Crippen LogP contribution in [0.2, 0.25) is 0 Å². The van der Waals surface area contributed by atoms with Crippen molar-refractivity contribution in [3.8, 4) is 0 Å². The van der Waals surface area contributed by atoms with Crippen molar-refractivity contribution in [3.05, 3.63) is 60.4 Å². The van der Waals surface area contributed by atoms with Crippen molar-refractivity contribution in [3.63, 3.8) is 0 Å². The second kappa shape index (κ2) is 6.64. The van der Waals surface area contributed by atoms with E-state index in [2.05, 4.69) is 15.5 Å². The number of H-pyrrole nitrogens is 2. The van der Waals surface area contributed by atoms with Crippen molar-refractivity contribution in [1.29, 1.82) is 0 Å². The Balaban J connectivity index is 2.01. The van der Waals surface area contributed by atoms with Gasteiger partial charge in [-0.05, 0) is 18.6 Å². The molecule has 0 atom stereocenters. The molecule has 0 saturated heterocycles. The lowest BCUT2D eigenvalue weighted by Crippen LogP contribution is -2.28. The van der Waals surface area contributed by atoms with Crippen LogP contribution in [0.4, 0.5) is 11.4 Å². The minimum atomic E-state index is -0.718. The average Bonchev–Trinajstić information content (AvgIpc) is 2.48. The fraction of sp³-hybridized carbons (Fsp3) is 0.231. The van der Waals surface area contributed by atoms with Crippen molar-refractivity contribution in [2.24, 2.45) is 0 Å². The summed E-state index contributed by atoms with van der Waals surface area (Å²) in [5, 5.41) is 18.9. The van der Waals surface area contributed by atoms with Gasteiger partial charge in [-0.1, -0.05) is 0 Å². The Morgan fingerprint density at radius 3 is 2.74 bits per heavy atom. The second-order valence-electron chi connectivity index (χ2n) is 4.76. The Bertz CT molecular complexity index is 870. The fourth-order valence-corrected chi connectivity index (χ4v) is 1.89. The number of anilines is 1. The molecule has 0 fully saturated rings. The summed E-state index contributed by atoms with van der Waals surface area (Å²) in [6.45, 7) is 1.64. The smallest absolute Gasteiger partial charge is 0.326 e. The molecule has 0 unspecified atom stereocenters. The van der Waals surface area contributed by atoms with Crippen LogP contribution in [0, 0.1) is 17.0 Å². The van der Waals surface area contributed by atoms with Crippen LogP contribution in [0.15, 0.2) is 27.8 Å². The summed E-state index contributed by atoms with van der Waals surface area (Å²) in [5.41, 5.74) is -0.390. The number of carbonyl (C=O) groups excluding carboxylic acids is 1.